The highest BCUT2D eigenvalue weighted by molar-refractivity contribution is 5.97. The summed E-state index contributed by atoms with van der Waals surface area (Å²) in [5.41, 5.74) is 7.25. The Kier molecular flexibility index (Phi) is 6.27. The maximum atomic E-state index is 8.73. The number of nitrogens with two attached hydrogens (primary N) is 1. The number of likely N-dealkylation sites (N-methyl/N-ethyl adjacent to an activating group) is 1. The van der Waals surface area contributed by atoms with Crippen molar-refractivity contribution in [2.45, 2.75) is 19.5 Å². The van der Waals surface area contributed by atoms with Crippen molar-refractivity contribution < 1.29 is 9.94 Å². The van der Waals surface area contributed by atoms with Crippen LogP contribution in [0.25, 0.3) is 0 Å². The molecule has 1 atom stereocenters. The summed E-state index contributed by atoms with van der Waals surface area (Å²) in [5.74, 6) is 0.874. The molecule has 6 heteroatoms. The molecule has 0 radical (unpaired) electrons. The number of benzene rings is 1. The van der Waals surface area contributed by atoms with Gasteiger partial charge in [-0.2, -0.15) is 0 Å². The number of oxime groups is 1. The SMILES string of the molecule is COc1ccc(/C(N)=N/O)cc1CNC(C)CN(C)C. The fraction of sp³-hybridized carbons (Fsp3) is 0.500. The van der Waals surface area contributed by atoms with Crippen LogP contribution in [0.2, 0.25) is 0 Å². The van der Waals surface area contributed by atoms with E-state index in [-0.39, 0.29) is 5.84 Å². The van der Waals surface area contributed by atoms with Crippen molar-refractivity contribution in [2.75, 3.05) is 27.7 Å². The van der Waals surface area contributed by atoms with Crippen LogP contribution < -0.4 is 15.8 Å². The first-order valence-electron chi connectivity index (χ1n) is 6.50. The average Bonchev–Trinajstić information content (AvgIpc) is 2.43. The molecule has 0 heterocycles. The third-order valence-corrected chi connectivity index (χ3v) is 2.96. The number of amidine groups is 1. The van der Waals surface area contributed by atoms with Gasteiger partial charge < -0.3 is 25.9 Å². The lowest BCUT2D eigenvalue weighted by molar-refractivity contribution is 0.318. The van der Waals surface area contributed by atoms with Gasteiger partial charge in [0.2, 0.25) is 0 Å². The molecule has 0 aliphatic rings. The zero-order valence-corrected chi connectivity index (χ0v) is 12.6. The second-order valence-corrected chi connectivity index (χ2v) is 5.06. The number of rotatable bonds is 7. The predicted molar refractivity (Wildman–Crippen MR) is 80.4 cm³/mol. The normalized spacial score (nSPS) is 13.6. The molecular formula is C14H24N4O2. The number of hydrogen-bond acceptors (Lipinski definition) is 5. The zero-order chi connectivity index (χ0) is 15.1. The van der Waals surface area contributed by atoms with Gasteiger partial charge in [-0.3, -0.25) is 0 Å². The third-order valence-electron chi connectivity index (χ3n) is 2.96. The van der Waals surface area contributed by atoms with E-state index in [0.717, 1.165) is 17.9 Å². The van der Waals surface area contributed by atoms with Crippen molar-refractivity contribution >= 4 is 5.84 Å². The lowest BCUT2D eigenvalue weighted by atomic mass is 10.1. The summed E-state index contributed by atoms with van der Waals surface area (Å²) < 4.78 is 5.33. The summed E-state index contributed by atoms with van der Waals surface area (Å²) in [4.78, 5) is 2.13. The monoisotopic (exact) mass is 280 g/mol. The topological polar surface area (TPSA) is 83.1 Å². The van der Waals surface area contributed by atoms with Gasteiger partial charge in [-0.1, -0.05) is 5.16 Å². The van der Waals surface area contributed by atoms with Crippen molar-refractivity contribution in [1.29, 1.82) is 0 Å². The molecule has 0 fully saturated rings. The molecule has 1 unspecified atom stereocenters. The molecule has 4 N–H and O–H groups in total. The van der Waals surface area contributed by atoms with Crippen LogP contribution in [-0.4, -0.2) is 49.7 Å². The number of methoxy groups -OCH3 is 1. The van der Waals surface area contributed by atoms with Gasteiger partial charge in [0.1, 0.15) is 5.75 Å². The van der Waals surface area contributed by atoms with Crippen molar-refractivity contribution in [2.24, 2.45) is 10.9 Å². The van der Waals surface area contributed by atoms with Crippen LogP contribution in [0.4, 0.5) is 0 Å². The second kappa shape index (κ2) is 7.72. The van der Waals surface area contributed by atoms with Gasteiger partial charge >= 0.3 is 0 Å². The summed E-state index contributed by atoms with van der Waals surface area (Å²) in [7, 11) is 5.71. The summed E-state index contributed by atoms with van der Waals surface area (Å²) in [6, 6.07) is 5.80. The lowest BCUT2D eigenvalue weighted by Crippen LogP contribution is -2.35. The molecule has 0 saturated carbocycles. The Morgan fingerprint density at radius 2 is 2.20 bits per heavy atom. The highest BCUT2D eigenvalue weighted by Crippen LogP contribution is 2.20. The molecule has 1 aromatic rings. The Morgan fingerprint density at radius 1 is 1.50 bits per heavy atom. The van der Waals surface area contributed by atoms with E-state index < -0.39 is 0 Å². The Labute approximate surface area is 120 Å². The van der Waals surface area contributed by atoms with Crippen LogP contribution in [0.3, 0.4) is 0 Å². The van der Waals surface area contributed by atoms with E-state index in [1.54, 1.807) is 13.2 Å². The van der Waals surface area contributed by atoms with E-state index in [1.807, 2.05) is 26.2 Å². The summed E-state index contributed by atoms with van der Waals surface area (Å²) in [6.07, 6.45) is 0. The van der Waals surface area contributed by atoms with Gasteiger partial charge in [0.05, 0.1) is 7.11 Å². The van der Waals surface area contributed by atoms with Crippen molar-refractivity contribution in [1.82, 2.24) is 10.2 Å². The first-order chi connectivity index (χ1) is 9.47. The van der Waals surface area contributed by atoms with Crippen LogP contribution in [-0.2, 0) is 6.54 Å². The van der Waals surface area contributed by atoms with Gasteiger partial charge in [-0.05, 0) is 39.2 Å². The van der Waals surface area contributed by atoms with E-state index in [0.29, 0.717) is 18.2 Å². The summed E-state index contributed by atoms with van der Waals surface area (Å²) >= 11 is 0. The Bertz CT molecular complexity index is 460. The van der Waals surface area contributed by atoms with Crippen LogP contribution in [0.5, 0.6) is 5.75 Å². The molecule has 0 bridgehead atoms. The molecule has 1 aromatic carbocycles. The Hall–Kier alpha value is -1.79. The van der Waals surface area contributed by atoms with Gasteiger partial charge in [0.25, 0.3) is 0 Å². The van der Waals surface area contributed by atoms with Crippen molar-refractivity contribution in [3.05, 3.63) is 29.3 Å². The van der Waals surface area contributed by atoms with Gasteiger partial charge in [-0.25, -0.2) is 0 Å². The number of ether oxygens (including phenoxy) is 1. The van der Waals surface area contributed by atoms with E-state index in [4.69, 9.17) is 15.7 Å². The lowest BCUT2D eigenvalue weighted by Gasteiger charge is -2.19. The predicted octanol–water partition coefficient (Wildman–Crippen LogP) is 0.829. The molecule has 112 valence electrons. The molecule has 1 rings (SSSR count). The standard InChI is InChI=1S/C14H24N4O2/c1-10(9-18(2)3)16-8-12-7-11(14(15)17-19)5-6-13(12)20-4/h5-7,10,16,19H,8-9H2,1-4H3,(H2,15,17). The highest BCUT2D eigenvalue weighted by atomic mass is 16.5. The van der Waals surface area contributed by atoms with E-state index in [2.05, 4.69) is 22.3 Å². The van der Waals surface area contributed by atoms with Gasteiger partial charge in [0.15, 0.2) is 5.84 Å². The van der Waals surface area contributed by atoms with Crippen LogP contribution in [0.15, 0.2) is 23.4 Å². The minimum Gasteiger partial charge on any atom is -0.496 e. The number of nitrogens with zero attached hydrogens (tertiary/aromatic N) is 2. The summed E-state index contributed by atoms with van der Waals surface area (Å²) in [5, 5.41) is 15.2. The van der Waals surface area contributed by atoms with Gasteiger partial charge in [-0.15, -0.1) is 0 Å². The highest BCUT2D eigenvalue weighted by Gasteiger charge is 2.09. The third kappa shape index (κ3) is 4.71. The fourth-order valence-electron chi connectivity index (χ4n) is 2.03. The van der Waals surface area contributed by atoms with Crippen molar-refractivity contribution in [3.63, 3.8) is 0 Å². The quantitative estimate of drug-likeness (QED) is 0.298. The van der Waals surface area contributed by atoms with E-state index in [9.17, 15) is 0 Å². The van der Waals surface area contributed by atoms with E-state index in [1.165, 1.54) is 0 Å². The minimum atomic E-state index is 0.0928. The maximum absolute atomic E-state index is 8.73. The minimum absolute atomic E-state index is 0.0928. The summed E-state index contributed by atoms with van der Waals surface area (Å²) in [6.45, 7) is 3.73. The maximum Gasteiger partial charge on any atom is 0.170 e. The molecule has 20 heavy (non-hydrogen) atoms. The van der Waals surface area contributed by atoms with Crippen LogP contribution in [0.1, 0.15) is 18.1 Å². The van der Waals surface area contributed by atoms with Crippen LogP contribution in [0, 0.1) is 0 Å². The Morgan fingerprint density at radius 3 is 2.75 bits per heavy atom. The number of hydrogen-bond donors (Lipinski definition) is 3. The molecule has 0 aromatic heterocycles. The fourth-order valence-corrected chi connectivity index (χ4v) is 2.03. The first kappa shape index (κ1) is 16.3. The molecule has 0 aliphatic carbocycles. The zero-order valence-electron chi connectivity index (χ0n) is 12.6. The molecule has 0 saturated heterocycles. The second-order valence-electron chi connectivity index (χ2n) is 5.06. The van der Waals surface area contributed by atoms with Gasteiger partial charge in [0, 0.05) is 30.3 Å². The molecule has 0 amide bonds. The average molecular weight is 280 g/mol. The smallest absolute Gasteiger partial charge is 0.170 e. The molecule has 0 spiro atoms. The van der Waals surface area contributed by atoms with E-state index >= 15 is 0 Å². The molecule has 6 nitrogen and oxygen atoms in total. The molecular weight excluding hydrogens is 256 g/mol. The number of nitrogens with one attached hydrogen (secondary N) is 1. The first-order valence-corrected chi connectivity index (χ1v) is 6.50. The van der Waals surface area contributed by atoms with Crippen molar-refractivity contribution in [3.8, 4) is 5.75 Å². The largest absolute Gasteiger partial charge is 0.496 e. The Balaban J connectivity index is 2.81. The molecule has 0 aliphatic heterocycles. The van der Waals surface area contributed by atoms with Crippen LogP contribution >= 0.6 is 0 Å².